The van der Waals surface area contributed by atoms with Gasteiger partial charge in [-0.1, -0.05) is 6.07 Å². The number of nitrogens with zero attached hydrogens (tertiary/aromatic N) is 2. The summed E-state index contributed by atoms with van der Waals surface area (Å²) in [6.45, 7) is 1.94. The molecule has 4 aromatic rings. The molecule has 1 fully saturated rings. The van der Waals surface area contributed by atoms with Gasteiger partial charge >= 0.3 is 0 Å². The normalized spacial score (nSPS) is 15.9. The number of pyridine rings is 1. The van der Waals surface area contributed by atoms with E-state index in [1.807, 2.05) is 18.5 Å². The predicted octanol–water partition coefficient (Wildman–Crippen LogP) is 4.96. The average Bonchev–Trinajstić information content (AvgIpc) is 3.27. The Hall–Kier alpha value is -2.31. The molecule has 3 nitrogen and oxygen atoms in total. The van der Waals surface area contributed by atoms with Gasteiger partial charge in [0.2, 0.25) is 0 Å². The Labute approximate surface area is 153 Å². The van der Waals surface area contributed by atoms with E-state index in [9.17, 15) is 8.78 Å². The van der Waals surface area contributed by atoms with Crippen molar-refractivity contribution in [2.75, 3.05) is 13.1 Å². The highest BCUT2D eigenvalue weighted by molar-refractivity contribution is 7.22. The summed E-state index contributed by atoms with van der Waals surface area (Å²) in [6.07, 6.45) is 5.87. The van der Waals surface area contributed by atoms with Crippen LogP contribution in [-0.4, -0.2) is 22.5 Å². The largest absolute Gasteiger partial charge is 0.317 e. The maximum atomic E-state index is 14.7. The summed E-state index contributed by atoms with van der Waals surface area (Å²) >= 11 is 1.47. The Morgan fingerprint density at radius 1 is 1.08 bits per heavy atom. The molecule has 3 aromatic heterocycles. The first-order valence-corrected chi connectivity index (χ1v) is 9.58. The minimum absolute atomic E-state index is 0.248. The van der Waals surface area contributed by atoms with E-state index >= 15 is 0 Å². The summed E-state index contributed by atoms with van der Waals surface area (Å²) < 4.78 is 31.3. The zero-order valence-electron chi connectivity index (χ0n) is 14.0. The van der Waals surface area contributed by atoms with Crippen molar-refractivity contribution in [1.82, 2.24) is 14.7 Å². The van der Waals surface area contributed by atoms with Gasteiger partial charge in [-0.05, 0) is 50.2 Å². The first-order valence-electron chi connectivity index (χ1n) is 8.76. The van der Waals surface area contributed by atoms with Crippen LogP contribution in [0.15, 0.2) is 42.7 Å². The lowest BCUT2D eigenvalue weighted by molar-refractivity contribution is 0.454. The molecule has 26 heavy (non-hydrogen) atoms. The highest BCUT2D eigenvalue weighted by Gasteiger charge is 2.20. The monoisotopic (exact) mass is 369 g/mol. The van der Waals surface area contributed by atoms with Gasteiger partial charge in [0.1, 0.15) is 5.82 Å². The smallest absolute Gasteiger partial charge is 0.173 e. The van der Waals surface area contributed by atoms with E-state index in [1.165, 1.54) is 23.5 Å². The zero-order chi connectivity index (χ0) is 17.7. The van der Waals surface area contributed by atoms with Gasteiger partial charge in [-0.15, -0.1) is 11.3 Å². The van der Waals surface area contributed by atoms with Gasteiger partial charge in [0.25, 0.3) is 0 Å². The summed E-state index contributed by atoms with van der Waals surface area (Å²) in [7, 11) is 0. The highest BCUT2D eigenvalue weighted by Crippen LogP contribution is 2.35. The summed E-state index contributed by atoms with van der Waals surface area (Å²) in [4.78, 5) is 5.38. The minimum Gasteiger partial charge on any atom is -0.317 e. The van der Waals surface area contributed by atoms with Gasteiger partial charge in [0.15, 0.2) is 11.5 Å². The molecule has 132 valence electrons. The number of imidazole rings is 1. The number of fused-ring (bicyclic) bond motifs is 2. The van der Waals surface area contributed by atoms with Crippen molar-refractivity contribution >= 4 is 27.1 Å². The van der Waals surface area contributed by atoms with Crippen molar-refractivity contribution in [3.63, 3.8) is 0 Å². The van der Waals surface area contributed by atoms with Gasteiger partial charge < -0.3 is 9.72 Å². The number of piperidine rings is 1. The fourth-order valence-corrected chi connectivity index (χ4v) is 4.75. The lowest BCUT2D eigenvalue weighted by atomic mass is 9.95. The van der Waals surface area contributed by atoms with Crippen LogP contribution in [-0.2, 0) is 0 Å². The van der Waals surface area contributed by atoms with Crippen molar-refractivity contribution in [2.24, 2.45) is 0 Å². The number of hydrogen-bond acceptors (Lipinski definition) is 3. The first-order chi connectivity index (χ1) is 12.7. The van der Waals surface area contributed by atoms with Crippen LogP contribution in [0.25, 0.3) is 26.2 Å². The lowest BCUT2D eigenvalue weighted by Gasteiger charge is -2.20. The van der Waals surface area contributed by atoms with Crippen molar-refractivity contribution in [1.29, 1.82) is 0 Å². The van der Waals surface area contributed by atoms with Crippen LogP contribution in [0.2, 0.25) is 0 Å². The molecular formula is C20H17F2N3S. The van der Waals surface area contributed by atoms with E-state index in [-0.39, 0.29) is 11.6 Å². The van der Waals surface area contributed by atoms with Gasteiger partial charge in [0, 0.05) is 38.8 Å². The van der Waals surface area contributed by atoms with Crippen molar-refractivity contribution in [3.05, 3.63) is 60.1 Å². The SMILES string of the molecule is Fc1cccc2sc(-c3cc(F)c4nc(C5CCNCC5)cn4c3)cc12. The number of halogens is 2. The van der Waals surface area contributed by atoms with Crippen LogP contribution in [0, 0.1) is 11.6 Å². The molecule has 0 bridgehead atoms. The third-order valence-corrected chi connectivity index (χ3v) is 6.22. The van der Waals surface area contributed by atoms with Crippen LogP contribution >= 0.6 is 11.3 Å². The number of thiophene rings is 1. The van der Waals surface area contributed by atoms with E-state index in [0.29, 0.717) is 17.0 Å². The molecule has 1 aliphatic rings. The van der Waals surface area contributed by atoms with Crippen molar-refractivity contribution in [2.45, 2.75) is 18.8 Å². The molecule has 1 aromatic carbocycles. The molecule has 0 spiro atoms. The second-order valence-electron chi connectivity index (χ2n) is 6.76. The third-order valence-electron chi connectivity index (χ3n) is 5.08. The Balaban J connectivity index is 1.60. The molecule has 0 aliphatic carbocycles. The van der Waals surface area contributed by atoms with Gasteiger partial charge in [-0.3, -0.25) is 0 Å². The zero-order valence-corrected chi connectivity index (χ0v) is 14.8. The second-order valence-corrected chi connectivity index (χ2v) is 7.84. The maximum absolute atomic E-state index is 14.7. The molecule has 0 amide bonds. The van der Waals surface area contributed by atoms with E-state index in [2.05, 4.69) is 10.3 Å². The molecule has 4 heterocycles. The fourth-order valence-electron chi connectivity index (χ4n) is 3.69. The lowest BCUT2D eigenvalue weighted by Crippen LogP contribution is -2.26. The van der Waals surface area contributed by atoms with Crippen LogP contribution in [0.5, 0.6) is 0 Å². The molecule has 0 saturated carbocycles. The molecule has 0 unspecified atom stereocenters. The van der Waals surface area contributed by atoms with E-state index in [1.54, 1.807) is 16.5 Å². The highest BCUT2D eigenvalue weighted by atomic mass is 32.1. The summed E-state index contributed by atoms with van der Waals surface area (Å²) in [5, 5.41) is 3.92. The summed E-state index contributed by atoms with van der Waals surface area (Å²) in [5.41, 5.74) is 2.05. The number of rotatable bonds is 2. The molecule has 1 aliphatic heterocycles. The van der Waals surface area contributed by atoms with Gasteiger partial charge in [-0.2, -0.15) is 0 Å². The van der Waals surface area contributed by atoms with Gasteiger partial charge in [0.05, 0.1) is 5.69 Å². The first kappa shape index (κ1) is 15.9. The third kappa shape index (κ3) is 2.61. The predicted molar refractivity (Wildman–Crippen MR) is 101 cm³/mol. The summed E-state index contributed by atoms with van der Waals surface area (Å²) in [6, 6.07) is 8.32. The Morgan fingerprint density at radius 2 is 1.92 bits per heavy atom. The molecule has 5 rings (SSSR count). The van der Waals surface area contributed by atoms with E-state index < -0.39 is 0 Å². The molecule has 1 N–H and O–H groups in total. The Kier molecular flexibility index (Phi) is 3.76. The van der Waals surface area contributed by atoms with Crippen molar-refractivity contribution < 1.29 is 8.78 Å². The van der Waals surface area contributed by atoms with E-state index in [4.69, 9.17) is 0 Å². The van der Waals surface area contributed by atoms with Crippen LogP contribution in [0.3, 0.4) is 0 Å². The molecule has 6 heteroatoms. The number of nitrogens with one attached hydrogen (secondary N) is 1. The number of hydrogen-bond donors (Lipinski definition) is 1. The van der Waals surface area contributed by atoms with Gasteiger partial charge in [-0.25, -0.2) is 13.8 Å². The van der Waals surface area contributed by atoms with Crippen molar-refractivity contribution in [3.8, 4) is 10.4 Å². The maximum Gasteiger partial charge on any atom is 0.173 e. The van der Waals surface area contributed by atoms with Crippen LogP contribution in [0.1, 0.15) is 24.5 Å². The second kappa shape index (κ2) is 6.14. The Bertz CT molecular complexity index is 1110. The topological polar surface area (TPSA) is 29.3 Å². The minimum atomic E-state index is -0.347. The quantitative estimate of drug-likeness (QED) is 0.541. The number of benzene rings is 1. The molecular weight excluding hydrogens is 352 g/mol. The Morgan fingerprint density at radius 3 is 2.73 bits per heavy atom. The van der Waals surface area contributed by atoms with E-state index in [0.717, 1.165) is 46.8 Å². The number of aromatic nitrogens is 2. The fraction of sp³-hybridized carbons (Fsp3) is 0.250. The average molecular weight is 369 g/mol. The molecule has 0 radical (unpaired) electrons. The summed E-state index contributed by atoms with van der Waals surface area (Å²) in [5.74, 6) is -0.222. The standard InChI is InChI=1S/C20H17F2N3S/c21-15-2-1-3-18-14(15)9-19(26-18)13-8-16(22)20-24-17(11-25(20)10-13)12-4-6-23-7-5-12/h1-3,8-12,23H,4-7H2. The van der Waals surface area contributed by atoms with Crippen LogP contribution < -0.4 is 5.32 Å². The van der Waals surface area contributed by atoms with Crippen LogP contribution in [0.4, 0.5) is 8.78 Å². The molecule has 0 atom stereocenters. The molecule has 1 saturated heterocycles.